The van der Waals surface area contributed by atoms with E-state index in [2.05, 4.69) is 20.6 Å². The standard InChI is InChI=1S/C18H20N6O3S/c1-3-11-9-13(27-22-11)17(26)24-8-4-5-12(24)14-6-7-15(28-14)16(25)20-18-19-10-23(2)21-18/h6-7,9-10,12H,3-5,8H2,1-2H3,(H,20,21,25)/t12-/m1/s1. The van der Waals surface area contributed by atoms with Crippen LogP contribution in [0.5, 0.6) is 0 Å². The Morgan fingerprint density at radius 3 is 2.96 bits per heavy atom. The van der Waals surface area contributed by atoms with Crippen LogP contribution in [0, 0.1) is 0 Å². The fraction of sp³-hybridized carbons (Fsp3) is 0.389. The smallest absolute Gasteiger partial charge is 0.293 e. The van der Waals surface area contributed by atoms with Gasteiger partial charge in [-0.3, -0.25) is 19.6 Å². The minimum absolute atomic E-state index is 0.0674. The van der Waals surface area contributed by atoms with Gasteiger partial charge in [-0.25, -0.2) is 4.98 Å². The summed E-state index contributed by atoms with van der Waals surface area (Å²) in [7, 11) is 1.73. The number of carbonyl (C=O) groups is 2. The van der Waals surface area contributed by atoms with E-state index in [0.717, 1.165) is 23.4 Å². The van der Waals surface area contributed by atoms with Crippen molar-refractivity contribution in [2.45, 2.75) is 32.2 Å². The summed E-state index contributed by atoms with van der Waals surface area (Å²) in [5.74, 6) is 0.101. The second-order valence-electron chi connectivity index (χ2n) is 6.59. The molecule has 0 bridgehead atoms. The van der Waals surface area contributed by atoms with Gasteiger partial charge in [0.25, 0.3) is 11.8 Å². The monoisotopic (exact) mass is 400 g/mol. The molecule has 4 heterocycles. The zero-order valence-corrected chi connectivity index (χ0v) is 16.4. The van der Waals surface area contributed by atoms with Crippen LogP contribution in [0.25, 0.3) is 0 Å². The number of hydrogen-bond donors (Lipinski definition) is 1. The van der Waals surface area contributed by atoms with Crippen molar-refractivity contribution in [1.29, 1.82) is 0 Å². The van der Waals surface area contributed by atoms with Gasteiger partial charge >= 0.3 is 0 Å². The molecule has 3 aromatic heterocycles. The number of aryl methyl sites for hydroxylation is 2. The largest absolute Gasteiger partial charge is 0.351 e. The summed E-state index contributed by atoms with van der Waals surface area (Å²) in [4.78, 5) is 32.6. The number of nitrogens with zero attached hydrogens (tertiary/aromatic N) is 5. The van der Waals surface area contributed by atoms with Crippen molar-refractivity contribution in [3.63, 3.8) is 0 Å². The Kier molecular flexibility index (Phi) is 4.95. The molecular formula is C18H20N6O3S. The average Bonchev–Trinajstić information content (AvgIpc) is 3.46. The van der Waals surface area contributed by atoms with Crippen LogP contribution >= 0.6 is 11.3 Å². The molecule has 9 nitrogen and oxygen atoms in total. The molecule has 146 valence electrons. The molecule has 1 aliphatic rings. The third-order valence-corrected chi connectivity index (χ3v) is 5.83. The summed E-state index contributed by atoms with van der Waals surface area (Å²) in [5.41, 5.74) is 0.761. The lowest BCUT2D eigenvalue weighted by molar-refractivity contribution is 0.0695. The van der Waals surface area contributed by atoms with Crippen molar-refractivity contribution in [2.75, 3.05) is 11.9 Å². The maximum absolute atomic E-state index is 12.8. The number of carbonyl (C=O) groups excluding carboxylic acids is 2. The predicted molar refractivity (Wildman–Crippen MR) is 102 cm³/mol. The molecule has 2 amide bonds. The van der Waals surface area contributed by atoms with Gasteiger partial charge < -0.3 is 9.42 Å². The minimum atomic E-state index is -0.263. The molecule has 10 heteroatoms. The summed E-state index contributed by atoms with van der Waals surface area (Å²) in [6.45, 7) is 2.62. The summed E-state index contributed by atoms with van der Waals surface area (Å²) in [5, 5.41) is 10.6. The van der Waals surface area contributed by atoms with Gasteiger partial charge in [-0.05, 0) is 31.4 Å². The molecule has 1 fully saturated rings. The lowest BCUT2D eigenvalue weighted by atomic mass is 10.2. The number of likely N-dealkylation sites (tertiary alicyclic amines) is 1. The number of aromatic nitrogens is 4. The Morgan fingerprint density at radius 1 is 1.39 bits per heavy atom. The van der Waals surface area contributed by atoms with E-state index in [4.69, 9.17) is 4.52 Å². The third kappa shape index (κ3) is 3.55. The normalized spacial score (nSPS) is 16.5. The molecule has 0 radical (unpaired) electrons. The number of nitrogens with one attached hydrogen (secondary N) is 1. The molecule has 1 saturated heterocycles. The third-order valence-electron chi connectivity index (χ3n) is 4.65. The molecule has 1 atom stereocenters. The Balaban J connectivity index is 1.49. The summed E-state index contributed by atoms with van der Waals surface area (Å²) < 4.78 is 6.73. The number of amides is 2. The maximum Gasteiger partial charge on any atom is 0.293 e. The van der Waals surface area contributed by atoms with E-state index < -0.39 is 0 Å². The molecule has 0 saturated carbocycles. The van der Waals surface area contributed by atoms with Gasteiger partial charge in [0.15, 0.2) is 0 Å². The first kappa shape index (κ1) is 18.4. The fourth-order valence-electron chi connectivity index (χ4n) is 3.24. The highest BCUT2D eigenvalue weighted by Gasteiger charge is 2.33. The highest BCUT2D eigenvalue weighted by molar-refractivity contribution is 7.14. The van der Waals surface area contributed by atoms with Crippen molar-refractivity contribution >= 4 is 29.1 Å². The van der Waals surface area contributed by atoms with Gasteiger partial charge in [0.1, 0.15) is 6.33 Å². The summed E-state index contributed by atoms with van der Waals surface area (Å²) in [6, 6.07) is 5.30. The van der Waals surface area contributed by atoms with Crippen LogP contribution in [-0.2, 0) is 13.5 Å². The quantitative estimate of drug-likeness (QED) is 0.706. The molecular weight excluding hydrogens is 380 g/mol. The van der Waals surface area contributed by atoms with Gasteiger partial charge in [-0.2, -0.15) is 0 Å². The van der Waals surface area contributed by atoms with Crippen LogP contribution in [-0.4, -0.2) is 43.2 Å². The van der Waals surface area contributed by atoms with E-state index in [-0.39, 0.29) is 29.6 Å². The molecule has 28 heavy (non-hydrogen) atoms. The Morgan fingerprint density at radius 2 is 2.25 bits per heavy atom. The predicted octanol–water partition coefficient (Wildman–Crippen LogP) is 2.66. The maximum atomic E-state index is 12.8. The van der Waals surface area contributed by atoms with E-state index in [1.807, 2.05) is 13.0 Å². The average molecular weight is 400 g/mol. The molecule has 0 unspecified atom stereocenters. The van der Waals surface area contributed by atoms with Crippen molar-refractivity contribution in [1.82, 2.24) is 24.8 Å². The van der Waals surface area contributed by atoms with Crippen molar-refractivity contribution in [2.24, 2.45) is 7.05 Å². The lowest BCUT2D eigenvalue weighted by Crippen LogP contribution is -2.29. The SMILES string of the molecule is CCc1cc(C(=O)N2CCC[C@@H]2c2ccc(C(=O)Nc3ncn(C)n3)s2)on1. The van der Waals surface area contributed by atoms with Crippen LogP contribution in [0.2, 0.25) is 0 Å². The minimum Gasteiger partial charge on any atom is -0.351 e. The number of thiophene rings is 1. The van der Waals surface area contributed by atoms with E-state index >= 15 is 0 Å². The van der Waals surface area contributed by atoms with Crippen LogP contribution in [0.4, 0.5) is 5.95 Å². The van der Waals surface area contributed by atoms with Crippen LogP contribution in [0.15, 0.2) is 29.0 Å². The zero-order chi connectivity index (χ0) is 19.7. The van der Waals surface area contributed by atoms with E-state index in [1.54, 1.807) is 24.1 Å². The first-order valence-electron chi connectivity index (χ1n) is 9.08. The molecule has 4 rings (SSSR count). The molecule has 1 aliphatic heterocycles. The van der Waals surface area contributed by atoms with E-state index in [9.17, 15) is 9.59 Å². The van der Waals surface area contributed by atoms with Crippen LogP contribution in [0.1, 0.15) is 56.6 Å². The second kappa shape index (κ2) is 7.55. The summed E-state index contributed by atoms with van der Waals surface area (Å²) in [6.07, 6.45) is 3.99. The Labute approximate surface area is 165 Å². The number of anilines is 1. The van der Waals surface area contributed by atoms with Crippen molar-refractivity contribution in [3.05, 3.63) is 45.7 Å². The number of rotatable bonds is 5. The van der Waals surface area contributed by atoms with Crippen LogP contribution < -0.4 is 5.32 Å². The van der Waals surface area contributed by atoms with Gasteiger partial charge in [0, 0.05) is 24.5 Å². The highest BCUT2D eigenvalue weighted by Crippen LogP contribution is 2.37. The molecule has 1 N–H and O–H groups in total. The Hall–Kier alpha value is -3.01. The van der Waals surface area contributed by atoms with Gasteiger partial charge in [-0.1, -0.05) is 12.1 Å². The molecule has 0 aromatic carbocycles. The zero-order valence-electron chi connectivity index (χ0n) is 15.6. The Bertz CT molecular complexity index is 1010. The van der Waals surface area contributed by atoms with Gasteiger partial charge in [0.05, 0.1) is 16.6 Å². The lowest BCUT2D eigenvalue weighted by Gasteiger charge is -2.22. The van der Waals surface area contributed by atoms with Crippen molar-refractivity contribution in [3.8, 4) is 0 Å². The molecule has 0 spiro atoms. The van der Waals surface area contributed by atoms with E-state index in [1.165, 1.54) is 22.3 Å². The first-order valence-corrected chi connectivity index (χ1v) is 9.90. The van der Waals surface area contributed by atoms with Crippen molar-refractivity contribution < 1.29 is 14.1 Å². The first-order chi connectivity index (χ1) is 13.5. The second-order valence-corrected chi connectivity index (χ2v) is 7.71. The topological polar surface area (TPSA) is 106 Å². The molecule has 0 aliphatic carbocycles. The highest BCUT2D eigenvalue weighted by atomic mass is 32.1. The summed E-state index contributed by atoms with van der Waals surface area (Å²) >= 11 is 1.38. The fourth-order valence-corrected chi connectivity index (χ4v) is 4.29. The van der Waals surface area contributed by atoms with Crippen LogP contribution in [0.3, 0.4) is 0 Å². The van der Waals surface area contributed by atoms with Gasteiger partial charge in [0.2, 0.25) is 11.7 Å². The van der Waals surface area contributed by atoms with Gasteiger partial charge in [-0.15, -0.1) is 16.4 Å². The number of hydrogen-bond acceptors (Lipinski definition) is 7. The molecule has 3 aromatic rings. The van der Waals surface area contributed by atoms with E-state index in [0.29, 0.717) is 17.8 Å².